The summed E-state index contributed by atoms with van der Waals surface area (Å²) in [6, 6.07) is 6.54. The Bertz CT molecular complexity index is 432. The second-order valence-corrected chi connectivity index (χ2v) is 4.13. The number of primary amides is 1. The maximum absolute atomic E-state index is 11.5. The highest BCUT2D eigenvalue weighted by Gasteiger charge is 2.21. The van der Waals surface area contributed by atoms with Crippen LogP contribution in [-0.4, -0.2) is 24.1 Å². The van der Waals surface area contributed by atoms with Crippen molar-refractivity contribution in [3.63, 3.8) is 0 Å². The molecule has 0 fully saturated rings. The van der Waals surface area contributed by atoms with E-state index in [1.807, 2.05) is 0 Å². The van der Waals surface area contributed by atoms with Gasteiger partial charge in [0.1, 0.15) is 5.75 Å². The van der Waals surface area contributed by atoms with E-state index in [0.29, 0.717) is 10.8 Å². The van der Waals surface area contributed by atoms with Crippen molar-refractivity contribution in [2.75, 3.05) is 0 Å². The standard InChI is InChI=1S/C12H14ClNO4/c1-7(11(14)15)18-12(16)8(2)17-10-5-3-9(13)4-6-10/h3-8H,1-2H3,(H2,14,15)/t7-,8+/m0/s1. The molecule has 1 rings (SSSR count). The molecular weight excluding hydrogens is 258 g/mol. The van der Waals surface area contributed by atoms with Gasteiger partial charge in [-0.15, -0.1) is 0 Å². The quantitative estimate of drug-likeness (QED) is 0.824. The molecule has 1 aromatic carbocycles. The molecule has 0 saturated carbocycles. The van der Waals surface area contributed by atoms with E-state index in [1.54, 1.807) is 24.3 Å². The number of nitrogens with two attached hydrogens (primary N) is 1. The molecule has 0 heterocycles. The van der Waals surface area contributed by atoms with Crippen LogP contribution in [0.2, 0.25) is 5.02 Å². The van der Waals surface area contributed by atoms with E-state index in [1.165, 1.54) is 13.8 Å². The molecular formula is C12H14ClNO4. The van der Waals surface area contributed by atoms with Crippen molar-refractivity contribution in [2.45, 2.75) is 26.1 Å². The largest absolute Gasteiger partial charge is 0.479 e. The minimum absolute atomic E-state index is 0.482. The fraction of sp³-hybridized carbons (Fsp3) is 0.333. The minimum atomic E-state index is -0.978. The molecule has 2 atom stereocenters. The predicted molar refractivity (Wildman–Crippen MR) is 66.3 cm³/mol. The Morgan fingerprint density at radius 3 is 2.22 bits per heavy atom. The second kappa shape index (κ2) is 6.26. The van der Waals surface area contributed by atoms with Crippen molar-refractivity contribution in [2.24, 2.45) is 5.73 Å². The first-order valence-electron chi connectivity index (χ1n) is 5.32. The molecule has 0 aliphatic heterocycles. The lowest BCUT2D eigenvalue weighted by atomic mass is 10.3. The van der Waals surface area contributed by atoms with Gasteiger partial charge in [0, 0.05) is 5.02 Å². The molecule has 98 valence electrons. The Balaban J connectivity index is 2.54. The van der Waals surface area contributed by atoms with Crippen LogP contribution in [-0.2, 0) is 14.3 Å². The number of amides is 1. The van der Waals surface area contributed by atoms with Gasteiger partial charge >= 0.3 is 5.97 Å². The average Bonchev–Trinajstić information content (AvgIpc) is 2.31. The number of carbonyl (C=O) groups excluding carboxylic acids is 2. The summed E-state index contributed by atoms with van der Waals surface area (Å²) in [4.78, 5) is 22.3. The summed E-state index contributed by atoms with van der Waals surface area (Å²) in [6.45, 7) is 2.92. The zero-order valence-electron chi connectivity index (χ0n) is 10.1. The van der Waals surface area contributed by atoms with Crippen LogP contribution >= 0.6 is 11.6 Å². The van der Waals surface area contributed by atoms with E-state index >= 15 is 0 Å². The molecule has 18 heavy (non-hydrogen) atoms. The van der Waals surface area contributed by atoms with Crippen LogP contribution in [0.1, 0.15) is 13.8 Å². The van der Waals surface area contributed by atoms with Crippen molar-refractivity contribution in [1.82, 2.24) is 0 Å². The third kappa shape index (κ3) is 4.25. The summed E-state index contributed by atoms with van der Waals surface area (Å²) in [7, 11) is 0. The zero-order chi connectivity index (χ0) is 13.7. The average molecular weight is 272 g/mol. The predicted octanol–water partition coefficient (Wildman–Crippen LogP) is 1.52. The molecule has 0 saturated heterocycles. The lowest BCUT2D eigenvalue weighted by Crippen LogP contribution is -2.35. The number of ether oxygens (including phenoxy) is 2. The van der Waals surface area contributed by atoms with Gasteiger partial charge in [-0.2, -0.15) is 0 Å². The number of benzene rings is 1. The lowest BCUT2D eigenvalue weighted by Gasteiger charge is -2.16. The maximum atomic E-state index is 11.5. The van der Waals surface area contributed by atoms with E-state index in [-0.39, 0.29) is 0 Å². The van der Waals surface area contributed by atoms with E-state index in [2.05, 4.69) is 0 Å². The first-order chi connectivity index (χ1) is 8.40. The van der Waals surface area contributed by atoms with Crippen LogP contribution in [0.4, 0.5) is 0 Å². The third-order valence-electron chi connectivity index (χ3n) is 2.15. The van der Waals surface area contributed by atoms with Gasteiger partial charge in [0.2, 0.25) is 0 Å². The van der Waals surface area contributed by atoms with Gasteiger partial charge in [-0.05, 0) is 38.1 Å². The second-order valence-electron chi connectivity index (χ2n) is 3.70. The van der Waals surface area contributed by atoms with Gasteiger partial charge < -0.3 is 15.2 Å². The van der Waals surface area contributed by atoms with Crippen LogP contribution in [0.15, 0.2) is 24.3 Å². The Labute approximate surface area is 110 Å². The molecule has 5 nitrogen and oxygen atoms in total. The number of hydrogen-bond acceptors (Lipinski definition) is 4. The number of carbonyl (C=O) groups is 2. The van der Waals surface area contributed by atoms with E-state index in [4.69, 9.17) is 26.8 Å². The molecule has 1 amide bonds. The number of rotatable bonds is 5. The van der Waals surface area contributed by atoms with E-state index < -0.39 is 24.1 Å². The number of hydrogen-bond donors (Lipinski definition) is 1. The van der Waals surface area contributed by atoms with Crippen LogP contribution in [0, 0.1) is 0 Å². The fourth-order valence-corrected chi connectivity index (χ4v) is 1.22. The Kier molecular flexibility index (Phi) is 4.97. The monoisotopic (exact) mass is 271 g/mol. The highest BCUT2D eigenvalue weighted by atomic mass is 35.5. The van der Waals surface area contributed by atoms with Crippen molar-refractivity contribution >= 4 is 23.5 Å². The lowest BCUT2D eigenvalue weighted by molar-refractivity contribution is -0.159. The first kappa shape index (κ1) is 14.3. The summed E-state index contributed by atoms with van der Waals surface area (Å²) in [5.41, 5.74) is 4.98. The highest BCUT2D eigenvalue weighted by Crippen LogP contribution is 2.17. The molecule has 6 heteroatoms. The topological polar surface area (TPSA) is 78.6 Å². The molecule has 0 spiro atoms. The Morgan fingerprint density at radius 2 is 1.72 bits per heavy atom. The van der Waals surface area contributed by atoms with Crippen molar-refractivity contribution in [1.29, 1.82) is 0 Å². The maximum Gasteiger partial charge on any atom is 0.347 e. The number of halogens is 1. The van der Waals surface area contributed by atoms with Crippen LogP contribution < -0.4 is 10.5 Å². The summed E-state index contributed by atoms with van der Waals surface area (Å²) in [5.74, 6) is -0.881. The van der Waals surface area contributed by atoms with E-state index in [0.717, 1.165) is 0 Å². The molecule has 1 aromatic rings. The van der Waals surface area contributed by atoms with Crippen LogP contribution in [0.5, 0.6) is 5.75 Å². The normalized spacial score (nSPS) is 13.5. The molecule has 0 aliphatic carbocycles. The molecule has 2 N–H and O–H groups in total. The Morgan fingerprint density at radius 1 is 1.17 bits per heavy atom. The Hall–Kier alpha value is -1.75. The minimum Gasteiger partial charge on any atom is -0.479 e. The zero-order valence-corrected chi connectivity index (χ0v) is 10.8. The van der Waals surface area contributed by atoms with Crippen molar-refractivity contribution in [3.8, 4) is 5.75 Å². The van der Waals surface area contributed by atoms with Gasteiger partial charge in [-0.1, -0.05) is 11.6 Å². The summed E-state index contributed by atoms with van der Waals surface area (Å²) in [6.07, 6.45) is -1.82. The molecule has 0 bridgehead atoms. The third-order valence-corrected chi connectivity index (χ3v) is 2.40. The molecule has 0 unspecified atom stereocenters. The summed E-state index contributed by atoms with van der Waals surface area (Å²) < 4.78 is 10.1. The van der Waals surface area contributed by atoms with Gasteiger partial charge in [0.25, 0.3) is 5.91 Å². The van der Waals surface area contributed by atoms with Crippen molar-refractivity contribution < 1.29 is 19.1 Å². The van der Waals surface area contributed by atoms with Gasteiger partial charge in [0.05, 0.1) is 0 Å². The number of esters is 1. The summed E-state index contributed by atoms with van der Waals surface area (Å²) in [5, 5.41) is 0.569. The van der Waals surface area contributed by atoms with Crippen LogP contribution in [0.25, 0.3) is 0 Å². The first-order valence-corrected chi connectivity index (χ1v) is 5.70. The van der Waals surface area contributed by atoms with E-state index in [9.17, 15) is 9.59 Å². The molecule has 0 aliphatic rings. The van der Waals surface area contributed by atoms with Gasteiger partial charge in [-0.3, -0.25) is 4.79 Å². The molecule has 0 aromatic heterocycles. The highest BCUT2D eigenvalue weighted by molar-refractivity contribution is 6.30. The smallest absolute Gasteiger partial charge is 0.347 e. The van der Waals surface area contributed by atoms with Crippen LogP contribution in [0.3, 0.4) is 0 Å². The van der Waals surface area contributed by atoms with Gasteiger partial charge in [-0.25, -0.2) is 4.79 Å². The fourth-order valence-electron chi connectivity index (χ4n) is 1.09. The van der Waals surface area contributed by atoms with Gasteiger partial charge in [0.15, 0.2) is 12.2 Å². The SMILES string of the molecule is C[C@H](OC(=O)[C@@H](C)Oc1ccc(Cl)cc1)C(N)=O. The summed E-state index contributed by atoms with van der Waals surface area (Å²) >= 11 is 5.72. The molecule has 0 radical (unpaired) electrons. The van der Waals surface area contributed by atoms with Crippen molar-refractivity contribution in [3.05, 3.63) is 29.3 Å².